The third-order valence-electron chi connectivity index (χ3n) is 5.55. The Kier molecular flexibility index (Phi) is 5.76. The molecule has 1 aliphatic rings. The van der Waals surface area contributed by atoms with Gasteiger partial charge in [-0.05, 0) is 24.3 Å². The van der Waals surface area contributed by atoms with Crippen LogP contribution in [0.2, 0.25) is 0 Å². The van der Waals surface area contributed by atoms with Crippen molar-refractivity contribution in [2.75, 3.05) is 26.2 Å². The minimum absolute atomic E-state index is 0.0466. The van der Waals surface area contributed by atoms with E-state index in [2.05, 4.69) is 4.98 Å². The highest BCUT2D eigenvalue weighted by molar-refractivity contribution is 7.89. The highest BCUT2D eigenvalue weighted by Gasteiger charge is 2.31. The van der Waals surface area contributed by atoms with E-state index in [0.717, 1.165) is 10.6 Å². The van der Waals surface area contributed by atoms with Crippen LogP contribution in [-0.2, 0) is 28.4 Å². The van der Waals surface area contributed by atoms with Crippen molar-refractivity contribution in [3.05, 3.63) is 58.7 Å². The van der Waals surface area contributed by atoms with Crippen molar-refractivity contribution < 1.29 is 22.4 Å². The van der Waals surface area contributed by atoms with Crippen LogP contribution in [0, 0.1) is 5.82 Å². The molecule has 0 saturated carbocycles. The molecule has 174 valence electrons. The van der Waals surface area contributed by atoms with Crippen molar-refractivity contribution in [2.45, 2.75) is 11.4 Å². The summed E-state index contributed by atoms with van der Waals surface area (Å²) in [6.07, 6.45) is 2.54. The van der Waals surface area contributed by atoms with Crippen LogP contribution < -0.4 is 11.3 Å². The Morgan fingerprint density at radius 2 is 1.85 bits per heavy atom. The molecule has 13 heteroatoms. The lowest BCUT2D eigenvalue weighted by Gasteiger charge is -2.33. The van der Waals surface area contributed by atoms with Gasteiger partial charge < -0.3 is 15.2 Å². The summed E-state index contributed by atoms with van der Waals surface area (Å²) < 4.78 is 43.0. The first-order chi connectivity index (χ1) is 15.6. The standard InChI is InChI=1S/C20H21FN6O5S/c1-24-10-14(9-17(24)19(22)29)33(31,32)27-6-4-25(5-7-27)18(28)11-26-12-23-16-3-2-13(21)8-15(16)20(26)30/h2-3,8-10,12H,4-7,11H2,1H3,(H2,22,29). The lowest BCUT2D eigenvalue weighted by Crippen LogP contribution is -2.51. The number of rotatable bonds is 5. The van der Waals surface area contributed by atoms with E-state index in [9.17, 15) is 27.2 Å². The second-order valence-electron chi connectivity index (χ2n) is 7.66. The second kappa shape index (κ2) is 8.41. The second-order valence-corrected chi connectivity index (χ2v) is 9.60. The molecule has 4 rings (SSSR count). The topological polar surface area (TPSA) is 141 Å². The van der Waals surface area contributed by atoms with Gasteiger partial charge in [-0.25, -0.2) is 17.8 Å². The van der Waals surface area contributed by atoms with Gasteiger partial charge in [-0.3, -0.25) is 19.0 Å². The molecule has 3 aromatic rings. The van der Waals surface area contributed by atoms with Crippen LogP contribution in [0.4, 0.5) is 4.39 Å². The SMILES string of the molecule is Cn1cc(S(=O)(=O)N2CCN(C(=O)Cn3cnc4ccc(F)cc4c3=O)CC2)cc1C(N)=O. The number of carbonyl (C=O) groups excluding carboxylic acids is 2. The van der Waals surface area contributed by atoms with Crippen LogP contribution in [-0.4, -0.2) is 69.7 Å². The van der Waals surface area contributed by atoms with Crippen LogP contribution in [0.25, 0.3) is 10.9 Å². The van der Waals surface area contributed by atoms with E-state index in [0.29, 0.717) is 5.52 Å². The Labute approximate surface area is 187 Å². The maximum absolute atomic E-state index is 13.5. The van der Waals surface area contributed by atoms with Gasteiger partial charge in [0.1, 0.15) is 23.0 Å². The highest BCUT2D eigenvalue weighted by Crippen LogP contribution is 2.20. The van der Waals surface area contributed by atoms with Crippen LogP contribution >= 0.6 is 0 Å². The van der Waals surface area contributed by atoms with Crippen molar-refractivity contribution in [2.24, 2.45) is 12.8 Å². The molecule has 0 bridgehead atoms. The molecule has 11 nitrogen and oxygen atoms in total. The molecule has 1 fully saturated rings. The van der Waals surface area contributed by atoms with E-state index in [1.807, 2.05) is 0 Å². The summed E-state index contributed by atoms with van der Waals surface area (Å²) in [4.78, 5) is 42.2. The monoisotopic (exact) mass is 476 g/mol. The molecule has 2 aromatic heterocycles. The van der Waals surface area contributed by atoms with Crippen LogP contribution in [0.3, 0.4) is 0 Å². The minimum atomic E-state index is -3.87. The Morgan fingerprint density at radius 3 is 2.48 bits per heavy atom. The number of hydrogen-bond donors (Lipinski definition) is 1. The van der Waals surface area contributed by atoms with Gasteiger partial charge in [0.05, 0.1) is 17.2 Å². The molecule has 33 heavy (non-hydrogen) atoms. The summed E-state index contributed by atoms with van der Waals surface area (Å²) in [5, 5.41) is 0.0689. The number of nitrogens with zero attached hydrogens (tertiary/aromatic N) is 5. The van der Waals surface area contributed by atoms with E-state index in [4.69, 9.17) is 5.73 Å². The molecule has 0 atom stereocenters. The quantitative estimate of drug-likeness (QED) is 0.527. The minimum Gasteiger partial charge on any atom is -0.364 e. The molecule has 2 amide bonds. The Bertz CT molecular complexity index is 1420. The van der Waals surface area contributed by atoms with Crippen molar-refractivity contribution in [3.8, 4) is 0 Å². The zero-order valence-corrected chi connectivity index (χ0v) is 18.5. The van der Waals surface area contributed by atoms with Crippen molar-refractivity contribution >= 4 is 32.7 Å². The molecule has 0 aliphatic carbocycles. The van der Waals surface area contributed by atoms with Gasteiger partial charge in [-0.15, -0.1) is 0 Å². The number of amides is 2. The fraction of sp³-hybridized carbons (Fsp3) is 0.300. The number of aryl methyl sites for hydroxylation is 1. The first kappa shape index (κ1) is 22.6. The summed E-state index contributed by atoms with van der Waals surface area (Å²) in [6.45, 7) is 0.0392. The number of halogens is 1. The van der Waals surface area contributed by atoms with E-state index < -0.39 is 27.3 Å². The zero-order chi connectivity index (χ0) is 23.9. The third kappa shape index (κ3) is 4.24. The van der Waals surface area contributed by atoms with Gasteiger partial charge in [0, 0.05) is 39.4 Å². The molecular weight excluding hydrogens is 455 g/mol. The average molecular weight is 476 g/mol. The van der Waals surface area contributed by atoms with Crippen LogP contribution in [0.1, 0.15) is 10.5 Å². The van der Waals surface area contributed by atoms with Gasteiger partial charge >= 0.3 is 0 Å². The molecule has 1 saturated heterocycles. The molecule has 0 radical (unpaired) electrons. The maximum Gasteiger partial charge on any atom is 0.265 e. The van der Waals surface area contributed by atoms with E-state index >= 15 is 0 Å². The first-order valence-corrected chi connectivity index (χ1v) is 11.4. The number of hydrogen-bond acceptors (Lipinski definition) is 6. The predicted octanol–water partition coefficient (Wildman–Crippen LogP) is -0.494. The summed E-state index contributed by atoms with van der Waals surface area (Å²) in [7, 11) is -2.35. The van der Waals surface area contributed by atoms with Crippen molar-refractivity contribution in [3.63, 3.8) is 0 Å². The fourth-order valence-corrected chi connectivity index (χ4v) is 5.23. The number of sulfonamides is 1. The molecule has 0 unspecified atom stereocenters. The molecule has 0 spiro atoms. The Balaban J connectivity index is 1.45. The third-order valence-corrected chi connectivity index (χ3v) is 7.42. The normalized spacial score (nSPS) is 15.2. The molecular formula is C20H21FN6O5S. The largest absolute Gasteiger partial charge is 0.364 e. The predicted molar refractivity (Wildman–Crippen MR) is 115 cm³/mol. The van der Waals surface area contributed by atoms with E-state index in [1.165, 1.54) is 51.5 Å². The Morgan fingerprint density at radius 1 is 1.15 bits per heavy atom. The molecule has 1 aliphatic heterocycles. The number of benzene rings is 1. The lowest BCUT2D eigenvalue weighted by atomic mass is 10.2. The van der Waals surface area contributed by atoms with Gasteiger partial charge in [0.15, 0.2) is 0 Å². The highest BCUT2D eigenvalue weighted by atomic mass is 32.2. The number of primary amides is 1. The maximum atomic E-state index is 13.5. The van der Waals surface area contributed by atoms with E-state index in [-0.39, 0.29) is 54.6 Å². The smallest absolute Gasteiger partial charge is 0.265 e. The summed E-state index contributed by atoms with van der Waals surface area (Å²) in [5.74, 6) is -1.71. The number of fused-ring (bicyclic) bond motifs is 1. The number of aromatic nitrogens is 3. The Hall–Kier alpha value is -3.58. The number of carbonyl (C=O) groups is 2. The average Bonchev–Trinajstić information content (AvgIpc) is 3.19. The first-order valence-electron chi connectivity index (χ1n) is 9.97. The summed E-state index contributed by atoms with van der Waals surface area (Å²) >= 11 is 0. The summed E-state index contributed by atoms with van der Waals surface area (Å²) in [5.41, 5.74) is 5.10. The van der Waals surface area contributed by atoms with Crippen molar-refractivity contribution in [1.82, 2.24) is 23.3 Å². The van der Waals surface area contributed by atoms with Crippen molar-refractivity contribution in [1.29, 1.82) is 0 Å². The van der Waals surface area contributed by atoms with Crippen LogP contribution in [0.15, 0.2) is 46.5 Å². The van der Waals surface area contributed by atoms with Gasteiger partial charge in [-0.1, -0.05) is 0 Å². The van der Waals surface area contributed by atoms with Gasteiger partial charge in [0.2, 0.25) is 15.9 Å². The lowest BCUT2D eigenvalue weighted by molar-refractivity contribution is -0.133. The zero-order valence-electron chi connectivity index (χ0n) is 17.6. The number of piperazine rings is 1. The van der Waals surface area contributed by atoms with Crippen LogP contribution in [0.5, 0.6) is 0 Å². The fourth-order valence-electron chi connectivity index (χ4n) is 3.74. The number of nitrogens with two attached hydrogens (primary N) is 1. The van der Waals surface area contributed by atoms with E-state index in [1.54, 1.807) is 0 Å². The summed E-state index contributed by atoms with van der Waals surface area (Å²) in [6, 6.07) is 4.87. The molecule has 2 N–H and O–H groups in total. The molecule has 3 heterocycles. The molecule has 1 aromatic carbocycles. The van der Waals surface area contributed by atoms with Gasteiger partial charge in [0.25, 0.3) is 11.5 Å². The van der Waals surface area contributed by atoms with Gasteiger partial charge in [-0.2, -0.15) is 4.31 Å².